The summed E-state index contributed by atoms with van der Waals surface area (Å²) in [6.45, 7) is 27.4. The number of aromatic nitrogens is 3. The molecule has 1 N–H and O–H groups in total. The average Bonchev–Trinajstić information content (AvgIpc) is 3.70. The SMILES string of the molecule is [2H]c1nc(-c2cc(-c3cccc4c3nc(-c3cc(C(C)(C)C)cc(C(C)(C)C)c3O)n4-c3ccc(C(C)(C)CC)cc3-c3ccccc3)cc(C(C)(C)C)c2)c([2H])c(-c2c([2H])c([2H])c(C)c([2H])c2[2H])c1[2H]. The zero-order valence-corrected chi connectivity index (χ0v) is 39.7. The topological polar surface area (TPSA) is 50.9 Å². The summed E-state index contributed by atoms with van der Waals surface area (Å²) in [7, 11) is 0. The van der Waals surface area contributed by atoms with Gasteiger partial charge in [-0.05, 0) is 122 Å². The number of pyridine rings is 1. The second-order valence-corrected chi connectivity index (χ2v) is 20.9. The van der Waals surface area contributed by atoms with E-state index in [1.807, 2.05) is 30.3 Å². The van der Waals surface area contributed by atoms with Crippen molar-refractivity contribution in [2.75, 3.05) is 0 Å². The van der Waals surface area contributed by atoms with Gasteiger partial charge < -0.3 is 5.11 Å². The third-order valence-electron chi connectivity index (χ3n) is 12.7. The highest BCUT2D eigenvalue weighted by Crippen LogP contribution is 2.46. The van der Waals surface area contributed by atoms with Gasteiger partial charge in [-0.1, -0.05) is 173 Å². The van der Waals surface area contributed by atoms with Crippen LogP contribution in [0.1, 0.15) is 127 Å². The fraction of sp³-hybridized carbons (Fsp3) is 0.300. The molecule has 0 fully saturated rings. The summed E-state index contributed by atoms with van der Waals surface area (Å²) in [6, 6.07) is 31.3. The zero-order valence-electron chi connectivity index (χ0n) is 46.7. The Bertz CT molecular complexity index is 3400. The van der Waals surface area contributed by atoms with Crippen LogP contribution in [0.4, 0.5) is 0 Å². The Morgan fingerprint density at radius 3 is 1.89 bits per heavy atom. The zero-order chi connectivity index (χ0) is 52.0. The molecule has 0 radical (unpaired) electrons. The number of rotatable bonds is 8. The molecule has 0 amide bonds. The molecule has 0 atom stereocenters. The lowest BCUT2D eigenvalue weighted by molar-refractivity contribution is 0.446. The Hall–Kier alpha value is -6.26. The highest BCUT2D eigenvalue weighted by molar-refractivity contribution is 5.98. The first-order valence-corrected chi connectivity index (χ1v) is 22.4. The minimum absolute atomic E-state index is 0.0744. The van der Waals surface area contributed by atoms with Crippen molar-refractivity contribution < 1.29 is 14.7 Å². The van der Waals surface area contributed by atoms with E-state index in [1.54, 1.807) is 0 Å². The Balaban J connectivity index is 1.50. The molecule has 8 aromatic rings. The molecule has 64 heavy (non-hydrogen) atoms. The van der Waals surface area contributed by atoms with Crippen LogP contribution in [0.5, 0.6) is 5.75 Å². The van der Waals surface area contributed by atoms with Crippen molar-refractivity contribution in [1.29, 1.82) is 0 Å². The molecule has 326 valence electrons. The molecule has 0 bridgehead atoms. The van der Waals surface area contributed by atoms with E-state index in [9.17, 15) is 6.48 Å². The van der Waals surface area contributed by atoms with Gasteiger partial charge in [0.1, 0.15) is 11.6 Å². The van der Waals surface area contributed by atoms with E-state index in [4.69, 9.17) is 13.2 Å². The average molecular weight is 851 g/mol. The Morgan fingerprint density at radius 2 is 1.23 bits per heavy atom. The summed E-state index contributed by atoms with van der Waals surface area (Å²) in [5, 5.41) is 12.6. The van der Waals surface area contributed by atoms with Crippen molar-refractivity contribution in [1.82, 2.24) is 14.5 Å². The second kappa shape index (κ2) is 16.4. The maximum absolute atomic E-state index is 12.6. The molecule has 0 aliphatic heterocycles. The molecule has 8 rings (SSSR count). The van der Waals surface area contributed by atoms with Gasteiger partial charge in [0.15, 0.2) is 0 Å². The van der Waals surface area contributed by atoms with Gasteiger partial charge in [0, 0.05) is 28.4 Å². The maximum atomic E-state index is 12.6. The van der Waals surface area contributed by atoms with E-state index in [2.05, 4.69) is 159 Å². The first-order valence-electron chi connectivity index (χ1n) is 25.9. The Kier molecular flexibility index (Phi) is 9.24. The lowest BCUT2D eigenvalue weighted by Crippen LogP contribution is -2.17. The van der Waals surface area contributed by atoms with Gasteiger partial charge in [0.05, 0.1) is 37.6 Å². The van der Waals surface area contributed by atoms with Gasteiger partial charge in [-0.2, -0.15) is 0 Å². The van der Waals surface area contributed by atoms with Crippen LogP contribution in [0.25, 0.3) is 72.7 Å². The van der Waals surface area contributed by atoms with Crippen LogP contribution in [0, 0.1) is 6.92 Å². The predicted molar refractivity (Wildman–Crippen MR) is 272 cm³/mol. The van der Waals surface area contributed by atoms with Crippen LogP contribution in [0.2, 0.25) is 0 Å². The number of fused-ring (bicyclic) bond motifs is 1. The summed E-state index contributed by atoms with van der Waals surface area (Å²) >= 11 is 0. The molecular formula is C60H65N3O. The van der Waals surface area contributed by atoms with Gasteiger partial charge in [-0.3, -0.25) is 9.55 Å². The fourth-order valence-electron chi connectivity index (χ4n) is 8.20. The largest absolute Gasteiger partial charge is 0.507 e. The maximum Gasteiger partial charge on any atom is 0.149 e. The third kappa shape index (κ3) is 8.55. The lowest BCUT2D eigenvalue weighted by atomic mass is 9.78. The number of aromatic hydroxyl groups is 1. The summed E-state index contributed by atoms with van der Waals surface area (Å²) in [4.78, 5) is 10.1. The fourth-order valence-corrected chi connectivity index (χ4v) is 8.20. The van der Waals surface area contributed by atoms with Gasteiger partial charge in [0.2, 0.25) is 0 Å². The van der Waals surface area contributed by atoms with E-state index in [-0.39, 0.29) is 69.2 Å². The van der Waals surface area contributed by atoms with E-state index in [1.165, 1.54) is 12.5 Å². The van der Waals surface area contributed by atoms with Crippen molar-refractivity contribution in [3.63, 3.8) is 0 Å². The van der Waals surface area contributed by atoms with E-state index in [0.29, 0.717) is 22.5 Å². The molecule has 0 aliphatic rings. The standard InChI is InChI=1S/C60H65N3O/c1-14-60(12,13)44-27-28-52(48(35-44)40-19-16-15-17-20-40)63-53-22-18-21-47(54(53)62-56(63)49-36-46(58(6,7)8)37-50(55(49)64)59(9,10)11)42-31-43(33-45(32-42)57(3,4)5)51-34-41(29-30-61-51)39-25-23-38(2)24-26-39/h15-37,64H,14H2,1-13H3/i23D,24D,25D,26D,29D,30D,34D. The first-order chi connectivity index (χ1) is 33.1. The van der Waals surface area contributed by atoms with Crippen molar-refractivity contribution in [2.45, 2.75) is 118 Å². The van der Waals surface area contributed by atoms with E-state index >= 15 is 0 Å². The highest BCUT2D eigenvalue weighted by atomic mass is 16.3. The molecule has 4 heteroatoms. The minimum atomic E-state index is -0.453. The van der Waals surface area contributed by atoms with Crippen molar-refractivity contribution in [3.8, 4) is 67.5 Å². The molecule has 6 aromatic carbocycles. The summed E-state index contributed by atoms with van der Waals surface area (Å²) in [5.41, 5.74) is 9.63. The molecule has 0 spiro atoms. The van der Waals surface area contributed by atoms with Crippen molar-refractivity contribution >= 4 is 11.0 Å². The van der Waals surface area contributed by atoms with Crippen LogP contribution >= 0.6 is 0 Å². The molecule has 0 saturated heterocycles. The normalized spacial score (nSPS) is 14.1. The minimum Gasteiger partial charge on any atom is -0.507 e. The van der Waals surface area contributed by atoms with Crippen LogP contribution in [-0.4, -0.2) is 19.6 Å². The predicted octanol–water partition coefficient (Wildman–Crippen LogP) is 16.3. The molecule has 4 nitrogen and oxygen atoms in total. The van der Waals surface area contributed by atoms with Crippen LogP contribution in [-0.2, 0) is 21.7 Å². The smallest absolute Gasteiger partial charge is 0.149 e. The highest BCUT2D eigenvalue weighted by Gasteiger charge is 2.30. The number of para-hydroxylation sites is 1. The van der Waals surface area contributed by atoms with Crippen LogP contribution in [0.3, 0.4) is 0 Å². The number of phenols is 1. The number of hydrogen-bond acceptors (Lipinski definition) is 3. The molecule has 0 saturated carbocycles. The second-order valence-electron chi connectivity index (χ2n) is 20.9. The van der Waals surface area contributed by atoms with Crippen LogP contribution < -0.4 is 0 Å². The lowest BCUT2D eigenvalue weighted by Gasteiger charge is -2.28. The summed E-state index contributed by atoms with van der Waals surface area (Å²) in [5.74, 6) is 0.728. The molecule has 2 aromatic heterocycles. The monoisotopic (exact) mass is 851 g/mol. The van der Waals surface area contributed by atoms with E-state index < -0.39 is 23.0 Å². The number of phenolic OH excluding ortho intramolecular Hbond substituents is 1. The van der Waals surface area contributed by atoms with Gasteiger partial charge >= 0.3 is 0 Å². The van der Waals surface area contributed by atoms with Crippen LogP contribution in [0.15, 0.2) is 139 Å². The number of hydrogen-bond donors (Lipinski definition) is 1. The van der Waals surface area contributed by atoms with Gasteiger partial charge in [-0.25, -0.2) is 4.98 Å². The summed E-state index contributed by atoms with van der Waals surface area (Å²) < 4.78 is 64.6. The molecule has 0 aliphatic carbocycles. The van der Waals surface area contributed by atoms with Gasteiger partial charge in [0.25, 0.3) is 0 Å². The van der Waals surface area contributed by atoms with E-state index in [0.717, 1.165) is 56.6 Å². The molecule has 2 heterocycles. The molecule has 0 unspecified atom stereocenters. The quantitative estimate of drug-likeness (QED) is 0.166. The number of imidazole rings is 1. The van der Waals surface area contributed by atoms with Crippen molar-refractivity contribution in [2.24, 2.45) is 0 Å². The van der Waals surface area contributed by atoms with Crippen molar-refractivity contribution in [3.05, 3.63) is 167 Å². The summed E-state index contributed by atoms with van der Waals surface area (Å²) in [6.07, 6.45) is 0.489. The Morgan fingerprint density at radius 1 is 0.578 bits per heavy atom. The Labute approximate surface area is 392 Å². The first kappa shape index (κ1) is 36.1. The number of benzene rings is 6. The molecular weight excluding hydrogens is 779 g/mol. The number of nitrogens with zero attached hydrogens (tertiary/aromatic N) is 3. The van der Waals surface area contributed by atoms with Gasteiger partial charge in [-0.15, -0.1) is 0 Å². The third-order valence-corrected chi connectivity index (χ3v) is 12.7.